The van der Waals surface area contributed by atoms with E-state index in [1.54, 1.807) is 12.1 Å². The largest absolute Gasteiger partial charge is 0.279 e. The first-order valence-electron chi connectivity index (χ1n) is 7.03. The molecule has 0 aliphatic carbocycles. The van der Waals surface area contributed by atoms with Crippen molar-refractivity contribution in [2.75, 3.05) is 13.6 Å². The number of hydrogen-bond acceptors (Lipinski definition) is 2. The molecule has 0 atom stereocenters. The van der Waals surface area contributed by atoms with Gasteiger partial charge in [0.2, 0.25) is 5.91 Å². The lowest BCUT2D eigenvalue weighted by atomic mass is 10.1. The fourth-order valence-corrected chi connectivity index (χ4v) is 2.42. The van der Waals surface area contributed by atoms with Crippen molar-refractivity contribution in [3.8, 4) is 0 Å². The number of rotatable bonds is 3. The van der Waals surface area contributed by atoms with Gasteiger partial charge in [0.25, 0.3) is 5.91 Å². The molecule has 1 fully saturated rings. The second-order valence-corrected chi connectivity index (χ2v) is 5.37. The number of imide groups is 1. The molecular weight excluding hydrogens is 252 g/mol. The highest BCUT2D eigenvalue weighted by Gasteiger charge is 2.23. The first-order chi connectivity index (χ1) is 9.58. The number of nitrogens with zero attached hydrogens (tertiary/aromatic N) is 2. The van der Waals surface area contributed by atoms with Crippen LogP contribution in [0.15, 0.2) is 24.3 Å². The molecule has 1 aliphatic heterocycles. The number of likely N-dealkylation sites (tertiary alicyclic amines) is 1. The summed E-state index contributed by atoms with van der Waals surface area (Å²) in [6, 6.07) is 7.41. The highest BCUT2D eigenvalue weighted by molar-refractivity contribution is 6.04. The van der Waals surface area contributed by atoms with Crippen molar-refractivity contribution in [3.63, 3.8) is 0 Å². The van der Waals surface area contributed by atoms with Crippen molar-refractivity contribution >= 4 is 18.5 Å². The third-order valence-corrected chi connectivity index (χ3v) is 3.47. The van der Waals surface area contributed by atoms with Gasteiger partial charge in [-0.15, -0.1) is 0 Å². The van der Waals surface area contributed by atoms with Gasteiger partial charge in [0.15, 0.2) is 6.54 Å². The Balaban J connectivity index is 2.11. The molecule has 0 unspecified atom stereocenters. The lowest BCUT2D eigenvalue weighted by Gasteiger charge is -2.18. The molecule has 1 aromatic rings. The van der Waals surface area contributed by atoms with E-state index in [2.05, 4.69) is 6.72 Å². The Morgan fingerprint density at radius 3 is 2.60 bits per heavy atom. The van der Waals surface area contributed by atoms with E-state index in [1.165, 1.54) is 4.90 Å². The second-order valence-electron chi connectivity index (χ2n) is 5.37. The summed E-state index contributed by atoms with van der Waals surface area (Å²) in [7, 11) is 1.90. The first-order valence-corrected chi connectivity index (χ1v) is 7.03. The standard InChI is InChI=1S/C16H21N2O2/c1-17(2)12-13-7-9-14(10-8-13)16(20)18-11-5-3-4-6-15(18)19/h7-10H,1,3-6,11-12H2,2H3/q+1. The molecule has 1 saturated heterocycles. The topological polar surface area (TPSA) is 40.4 Å². The predicted molar refractivity (Wildman–Crippen MR) is 78.0 cm³/mol. The Bertz CT molecular complexity index is 520. The van der Waals surface area contributed by atoms with Gasteiger partial charge in [0, 0.05) is 24.1 Å². The minimum atomic E-state index is -0.175. The maximum Gasteiger partial charge on any atom is 0.260 e. The van der Waals surface area contributed by atoms with Crippen LogP contribution in [0.2, 0.25) is 0 Å². The zero-order valence-corrected chi connectivity index (χ0v) is 12.0. The molecule has 20 heavy (non-hydrogen) atoms. The second kappa shape index (κ2) is 6.46. The van der Waals surface area contributed by atoms with E-state index < -0.39 is 0 Å². The summed E-state index contributed by atoms with van der Waals surface area (Å²) < 4.78 is 1.83. The van der Waals surface area contributed by atoms with Crippen LogP contribution in [-0.4, -0.2) is 41.6 Å². The summed E-state index contributed by atoms with van der Waals surface area (Å²) in [4.78, 5) is 25.7. The number of carbonyl (C=O) groups excluding carboxylic acids is 2. The summed E-state index contributed by atoms with van der Waals surface area (Å²) in [5.74, 6) is -0.222. The van der Waals surface area contributed by atoms with Crippen molar-refractivity contribution in [1.29, 1.82) is 0 Å². The fraction of sp³-hybridized carbons (Fsp3) is 0.438. The molecule has 0 bridgehead atoms. The van der Waals surface area contributed by atoms with Crippen LogP contribution < -0.4 is 0 Å². The monoisotopic (exact) mass is 273 g/mol. The van der Waals surface area contributed by atoms with Crippen LogP contribution in [0.4, 0.5) is 0 Å². The molecule has 0 aromatic heterocycles. The summed E-state index contributed by atoms with van der Waals surface area (Å²) in [6.07, 6.45) is 3.29. The molecule has 0 spiro atoms. The lowest BCUT2D eigenvalue weighted by molar-refractivity contribution is -0.505. The normalized spacial score (nSPS) is 15.8. The average molecular weight is 273 g/mol. The van der Waals surface area contributed by atoms with Gasteiger partial charge in [-0.3, -0.25) is 14.5 Å². The number of benzene rings is 1. The van der Waals surface area contributed by atoms with Crippen LogP contribution in [-0.2, 0) is 11.3 Å². The molecular formula is C16H21N2O2+. The number of hydrogen-bond donors (Lipinski definition) is 0. The maximum atomic E-state index is 12.4. The van der Waals surface area contributed by atoms with E-state index >= 15 is 0 Å². The molecule has 0 saturated carbocycles. The third kappa shape index (κ3) is 3.53. The Morgan fingerprint density at radius 2 is 1.95 bits per heavy atom. The zero-order chi connectivity index (χ0) is 14.5. The van der Waals surface area contributed by atoms with Crippen LogP contribution in [0.25, 0.3) is 0 Å². The summed E-state index contributed by atoms with van der Waals surface area (Å²) >= 11 is 0. The minimum absolute atomic E-state index is 0.0472. The van der Waals surface area contributed by atoms with Crippen molar-refractivity contribution < 1.29 is 14.2 Å². The summed E-state index contributed by atoms with van der Waals surface area (Å²) in [6.45, 7) is 5.07. The molecule has 1 aromatic carbocycles. The highest BCUT2D eigenvalue weighted by Crippen LogP contribution is 2.15. The Labute approximate surface area is 119 Å². The smallest absolute Gasteiger partial charge is 0.260 e. The fourth-order valence-electron chi connectivity index (χ4n) is 2.42. The van der Waals surface area contributed by atoms with Crippen molar-refractivity contribution in [3.05, 3.63) is 35.4 Å². The van der Waals surface area contributed by atoms with Crippen molar-refractivity contribution in [1.82, 2.24) is 4.90 Å². The van der Waals surface area contributed by atoms with Crippen molar-refractivity contribution in [2.45, 2.75) is 32.2 Å². The van der Waals surface area contributed by atoms with E-state index in [0.29, 0.717) is 18.5 Å². The van der Waals surface area contributed by atoms with Gasteiger partial charge < -0.3 is 0 Å². The first kappa shape index (κ1) is 14.4. The van der Waals surface area contributed by atoms with E-state index in [-0.39, 0.29) is 11.8 Å². The molecule has 1 heterocycles. The van der Waals surface area contributed by atoms with Crippen molar-refractivity contribution in [2.24, 2.45) is 0 Å². The molecule has 2 rings (SSSR count). The number of amides is 2. The van der Waals surface area contributed by atoms with Gasteiger partial charge >= 0.3 is 0 Å². The van der Waals surface area contributed by atoms with Gasteiger partial charge in [0.1, 0.15) is 13.8 Å². The van der Waals surface area contributed by atoms with Crippen LogP contribution in [0.1, 0.15) is 41.6 Å². The molecule has 4 nitrogen and oxygen atoms in total. The molecule has 0 N–H and O–H groups in total. The Hall–Kier alpha value is -1.97. The SMILES string of the molecule is C=[N+](C)Cc1ccc(C(=O)N2CCCCCC2=O)cc1. The van der Waals surface area contributed by atoms with Gasteiger partial charge in [-0.05, 0) is 25.0 Å². The van der Waals surface area contributed by atoms with Crippen LogP contribution >= 0.6 is 0 Å². The minimum Gasteiger partial charge on any atom is -0.279 e. The average Bonchev–Trinajstić information content (AvgIpc) is 2.63. The van der Waals surface area contributed by atoms with Gasteiger partial charge in [0.05, 0.1) is 0 Å². The van der Waals surface area contributed by atoms with Gasteiger partial charge in [-0.2, -0.15) is 0 Å². The van der Waals surface area contributed by atoms with Crippen LogP contribution in [0, 0.1) is 0 Å². The van der Waals surface area contributed by atoms with E-state index in [4.69, 9.17) is 0 Å². The van der Waals surface area contributed by atoms with E-state index in [0.717, 1.165) is 31.4 Å². The van der Waals surface area contributed by atoms with Crippen LogP contribution in [0.5, 0.6) is 0 Å². The van der Waals surface area contributed by atoms with E-state index in [9.17, 15) is 9.59 Å². The summed E-state index contributed by atoms with van der Waals surface area (Å²) in [5, 5.41) is 0. The molecule has 0 radical (unpaired) electrons. The number of carbonyl (C=O) groups is 2. The van der Waals surface area contributed by atoms with Gasteiger partial charge in [-0.1, -0.05) is 18.6 Å². The zero-order valence-electron chi connectivity index (χ0n) is 12.0. The molecule has 2 amide bonds. The Kier molecular flexibility index (Phi) is 4.66. The van der Waals surface area contributed by atoms with Crippen LogP contribution in [0.3, 0.4) is 0 Å². The third-order valence-electron chi connectivity index (χ3n) is 3.47. The summed E-state index contributed by atoms with van der Waals surface area (Å²) in [5.41, 5.74) is 1.68. The Morgan fingerprint density at radius 1 is 1.25 bits per heavy atom. The maximum absolute atomic E-state index is 12.4. The highest BCUT2D eigenvalue weighted by atomic mass is 16.2. The van der Waals surface area contributed by atoms with Gasteiger partial charge in [-0.25, -0.2) is 4.58 Å². The lowest BCUT2D eigenvalue weighted by Crippen LogP contribution is -2.36. The van der Waals surface area contributed by atoms with E-state index in [1.807, 2.05) is 23.8 Å². The molecule has 1 aliphatic rings. The molecule has 4 heteroatoms. The quantitative estimate of drug-likeness (QED) is 0.480. The predicted octanol–water partition coefficient (Wildman–Crippen LogP) is 2.07. The molecule has 106 valence electrons.